The molecule has 0 amide bonds. The Kier molecular flexibility index (Phi) is 3.28. The van der Waals surface area contributed by atoms with Crippen molar-refractivity contribution in [1.82, 2.24) is 0 Å². The molecule has 0 fully saturated rings. The standard InChI is InChI=1S/C11H16N2O/c1-7-5-9(3-4-10(12)14)6-8(2)11(7)13/h3-6,10,14H,12-13H2,1-2H3/b4-3+/t10-/m1/s1. The Morgan fingerprint density at radius 2 is 1.79 bits per heavy atom. The highest BCUT2D eigenvalue weighted by atomic mass is 16.3. The van der Waals surface area contributed by atoms with Crippen molar-refractivity contribution in [3.63, 3.8) is 0 Å². The van der Waals surface area contributed by atoms with Gasteiger partial charge in [0.25, 0.3) is 0 Å². The second-order valence-electron chi connectivity index (χ2n) is 3.42. The van der Waals surface area contributed by atoms with Crippen LogP contribution in [-0.4, -0.2) is 11.3 Å². The maximum Gasteiger partial charge on any atom is 0.121 e. The molecule has 1 aromatic carbocycles. The summed E-state index contributed by atoms with van der Waals surface area (Å²) in [5.41, 5.74) is 14.9. The van der Waals surface area contributed by atoms with Gasteiger partial charge in [-0.15, -0.1) is 0 Å². The van der Waals surface area contributed by atoms with Gasteiger partial charge in [0, 0.05) is 5.69 Å². The summed E-state index contributed by atoms with van der Waals surface area (Å²) in [5.74, 6) is 0. The number of aliphatic hydroxyl groups is 1. The first-order valence-electron chi connectivity index (χ1n) is 4.49. The maximum absolute atomic E-state index is 8.87. The van der Waals surface area contributed by atoms with Gasteiger partial charge in [0.15, 0.2) is 0 Å². The molecule has 1 aromatic rings. The minimum atomic E-state index is -0.909. The molecule has 14 heavy (non-hydrogen) atoms. The molecule has 0 aliphatic heterocycles. The molecule has 0 aliphatic carbocycles. The van der Waals surface area contributed by atoms with Crippen LogP contribution in [0, 0.1) is 13.8 Å². The average molecular weight is 192 g/mol. The summed E-state index contributed by atoms with van der Waals surface area (Å²) in [7, 11) is 0. The van der Waals surface area contributed by atoms with E-state index in [2.05, 4.69) is 0 Å². The summed E-state index contributed by atoms with van der Waals surface area (Å²) < 4.78 is 0. The lowest BCUT2D eigenvalue weighted by molar-refractivity contribution is 0.232. The number of nitrogens with two attached hydrogens (primary N) is 2. The molecule has 0 saturated heterocycles. The Balaban J connectivity index is 3.01. The zero-order valence-electron chi connectivity index (χ0n) is 8.49. The van der Waals surface area contributed by atoms with Crippen molar-refractivity contribution in [2.24, 2.45) is 5.73 Å². The van der Waals surface area contributed by atoms with Gasteiger partial charge in [-0.1, -0.05) is 6.08 Å². The van der Waals surface area contributed by atoms with E-state index in [0.29, 0.717) is 0 Å². The number of rotatable bonds is 2. The number of aryl methyl sites for hydroxylation is 2. The van der Waals surface area contributed by atoms with Crippen molar-refractivity contribution >= 4 is 11.8 Å². The van der Waals surface area contributed by atoms with Crippen LogP contribution in [0.4, 0.5) is 5.69 Å². The predicted molar refractivity (Wildman–Crippen MR) is 59.6 cm³/mol. The SMILES string of the molecule is Cc1cc(/C=C/[C@H](N)O)cc(C)c1N. The maximum atomic E-state index is 8.87. The molecule has 1 rings (SSSR count). The number of benzene rings is 1. The van der Waals surface area contributed by atoms with Crippen LogP contribution in [0.3, 0.4) is 0 Å². The van der Waals surface area contributed by atoms with E-state index in [4.69, 9.17) is 16.6 Å². The van der Waals surface area contributed by atoms with Gasteiger partial charge in [-0.2, -0.15) is 0 Å². The quantitative estimate of drug-likeness (QED) is 0.486. The molecule has 0 unspecified atom stereocenters. The van der Waals surface area contributed by atoms with Gasteiger partial charge in [-0.3, -0.25) is 0 Å². The molecule has 0 heterocycles. The van der Waals surface area contributed by atoms with Crippen molar-refractivity contribution in [1.29, 1.82) is 0 Å². The Hall–Kier alpha value is -1.32. The van der Waals surface area contributed by atoms with Crippen LogP contribution in [0.25, 0.3) is 6.08 Å². The highest BCUT2D eigenvalue weighted by Gasteiger charge is 1.99. The van der Waals surface area contributed by atoms with E-state index in [0.717, 1.165) is 22.4 Å². The van der Waals surface area contributed by atoms with Crippen LogP contribution in [0.5, 0.6) is 0 Å². The van der Waals surface area contributed by atoms with Crippen molar-refractivity contribution in [3.8, 4) is 0 Å². The Bertz CT molecular complexity index is 333. The topological polar surface area (TPSA) is 72.3 Å². The zero-order chi connectivity index (χ0) is 10.7. The lowest BCUT2D eigenvalue weighted by Gasteiger charge is -2.06. The molecule has 0 aliphatic rings. The monoisotopic (exact) mass is 192 g/mol. The van der Waals surface area contributed by atoms with E-state index in [1.165, 1.54) is 6.08 Å². The van der Waals surface area contributed by atoms with E-state index < -0.39 is 6.23 Å². The lowest BCUT2D eigenvalue weighted by Crippen LogP contribution is -2.14. The van der Waals surface area contributed by atoms with Gasteiger partial charge < -0.3 is 16.6 Å². The molecule has 0 saturated carbocycles. The molecule has 0 bridgehead atoms. The van der Waals surface area contributed by atoms with Crippen molar-refractivity contribution in [2.75, 3.05) is 5.73 Å². The highest BCUT2D eigenvalue weighted by Crippen LogP contribution is 2.19. The lowest BCUT2D eigenvalue weighted by atomic mass is 10.0. The Morgan fingerprint density at radius 1 is 1.29 bits per heavy atom. The fourth-order valence-corrected chi connectivity index (χ4v) is 1.31. The summed E-state index contributed by atoms with van der Waals surface area (Å²) in [6.07, 6.45) is 2.40. The molecule has 3 heteroatoms. The molecular formula is C11H16N2O. The van der Waals surface area contributed by atoms with Crippen LogP contribution < -0.4 is 11.5 Å². The molecule has 0 radical (unpaired) electrons. The van der Waals surface area contributed by atoms with Gasteiger partial charge in [0.05, 0.1) is 0 Å². The minimum absolute atomic E-state index is 0.815. The summed E-state index contributed by atoms with van der Waals surface area (Å²) in [5, 5.41) is 8.87. The summed E-state index contributed by atoms with van der Waals surface area (Å²) >= 11 is 0. The van der Waals surface area contributed by atoms with Gasteiger partial charge in [-0.05, 0) is 48.7 Å². The van der Waals surface area contributed by atoms with E-state index in [1.54, 1.807) is 6.08 Å². The van der Waals surface area contributed by atoms with Crippen LogP contribution in [-0.2, 0) is 0 Å². The van der Waals surface area contributed by atoms with Crippen LogP contribution in [0.2, 0.25) is 0 Å². The molecule has 5 N–H and O–H groups in total. The second-order valence-corrected chi connectivity index (χ2v) is 3.42. The number of anilines is 1. The summed E-state index contributed by atoms with van der Waals surface area (Å²) in [6.45, 7) is 3.91. The van der Waals surface area contributed by atoms with E-state index in [-0.39, 0.29) is 0 Å². The first-order chi connectivity index (χ1) is 6.50. The third kappa shape index (κ3) is 2.58. The first-order valence-corrected chi connectivity index (χ1v) is 4.49. The summed E-state index contributed by atoms with van der Waals surface area (Å²) in [6, 6.07) is 3.92. The predicted octanol–water partition coefficient (Wildman–Crippen LogP) is 1.18. The number of aliphatic hydroxyl groups excluding tert-OH is 1. The molecule has 1 atom stereocenters. The molecule has 0 spiro atoms. The third-order valence-electron chi connectivity index (χ3n) is 2.10. The van der Waals surface area contributed by atoms with Gasteiger partial charge in [0.1, 0.15) is 6.23 Å². The van der Waals surface area contributed by atoms with Crippen molar-refractivity contribution in [2.45, 2.75) is 20.1 Å². The second kappa shape index (κ2) is 4.26. The third-order valence-corrected chi connectivity index (χ3v) is 2.10. The number of hydrogen-bond donors (Lipinski definition) is 3. The molecule has 0 aromatic heterocycles. The minimum Gasteiger partial charge on any atom is -0.398 e. The van der Waals surface area contributed by atoms with Gasteiger partial charge in [0.2, 0.25) is 0 Å². The van der Waals surface area contributed by atoms with E-state index in [1.807, 2.05) is 26.0 Å². The van der Waals surface area contributed by atoms with Gasteiger partial charge in [-0.25, -0.2) is 0 Å². The number of hydrogen-bond acceptors (Lipinski definition) is 3. The zero-order valence-corrected chi connectivity index (χ0v) is 8.49. The smallest absolute Gasteiger partial charge is 0.121 e. The van der Waals surface area contributed by atoms with Crippen LogP contribution in [0.1, 0.15) is 16.7 Å². The van der Waals surface area contributed by atoms with Crippen molar-refractivity contribution in [3.05, 3.63) is 34.9 Å². The fraction of sp³-hybridized carbons (Fsp3) is 0.273. The first kappa shape index (κ1) is 10.8. The summed E-state index contributed by atoms with van der Waals surface area (Å²) in [4.78, 5) is 0. The van der Waals surface area contributed by atoms with E-state index in [9.17, 15) is 0 Å². The average Bonchev–Trinajstić information content (AvgIpc) is 2.10. The molecular weight excluding hydrogens is 176 g/mol. The highest BCUT2D eigenvalue weighted by molar-refractivity contribution is 5.61. The molecule has 76 valence electrons. The van der Waals surface area contributed by atoms with E-state index >= 15 is 0 Å². The Labute approximate surface area is 84.0 Å². The normalized spacial score (nSPS) is 13.4. The largest absolute Gasteiger partial charge is 0.398 e. The van der Waals surface area contributed by atoms with Crippen LogP contribution >= 0.6 is 0 Å². The fourth-order valence-electron chi connectivity index (χ4n) is 1.31. The molecule has 3 nitrogen and oxygen atoms in total. The van der Waals surface area contributed by atoms with Gasteiger partial charge >= 0.3 is 0 Å². The van der Waals surface area contributed by atoms with Crippen molar-refractivity contribution < 1.29 is 5.11 Å². The Morgan fingerprint density at radius 3 is 2.21 bits per heavy atom. The van der Waals surface area contributed by atoms with Crippen LogP contribution in [0.15, 0.2) is 18.2 Å². The number of nitrogen functional groups attached to an aromatic ring is 1.